The molecule has 0 atom stereocenters. The van der Waals surface area contributed by atoms with Gasteiger partial charge in [0, 0.05) is 32.4 Å². The van der Waals surface area contributed by atoms with Crippen LogP contribution in [0, 0.1) is 6.92 Å². The molecule has 0 spiro atoms. The molecule has 2 N–H and O–H groups in total. The number of hydrogen-bond donors (Lipinski definition) is 2. The van der Waals surface area contributed by atoms with Gasteiger partial charge in [-0.25, -0.2) is 4.79 Å². The molecule has 0 saturated carbocycles. The van der Waals surface area contributed by atoms with Crippen LogP contribution in [0.25, 0.3) is 0 Å². The molecular formula is C15H23N3O3. The normalized spacial score (nSPS) is 10.2. The number of nitrogens with one attached hydrogen (secondary N) is 1. The number of aliphatic carboxylic acids is 1. The summed E-state index contributed by atoms with van der Waals surface area (Å²) in [5.74, 6) is -0.919. The standard InChI is InChI=1S/C15H23N3O3/c1-12-4-6-13(7-5-12)18(10-8-14(19)20)15(21)17(3)11-9-16-2/h4-7,16H,8-11H2,1-3H3,(H,19,20). The second kappa shape index (κ2) is 8.26. The van der Waals surface area contributed by atoms with Crippen molar-refractivity contribution in [2.45, 2.75) is 13.3 Å². The van der Waals surface area contributed by atoms with Gasteiger partial charge in [-0.15, -0.1) is 0 Å². The summed E-state index contributed by atoms with van der Waals surface area (Å²) in [5.41, 5.74) is 1.80. The van der Waals surface area contributed by atoms with Gasteiger partial charge in [0.05, 0.1) is 6.42 Å². The number of rotatable bonds is 7. The summed E-state index contributed by atoms with van der Waals surface area (Å²) in [4.78, 5) is 26.4. The van der Waals surface area contributed by atoms with Crippen molar-refractivity contribution in [1.82, 2.24) is 10.2 Å². The van der Waals surface area contributed by atoms with Crippen LogP contribution in [0.5, 0.6) is 0 Å². The van der Waals surface area contributed by atoms with E-state index in [1.165, 1.54) is 4.90 Å². The van der Waals surface area contributed by atoms with Gasteiger partial charge in [-0.1, -0.05) is 17.7 Å². The Labute approximate surface area is 125 Å². The van der Waals surface area contributed by atoms with Crippen LogP contribution in [0.1, 0.15) is 12.0 Å². The van der Waals surface area contributed by atoms with Gasteiger partial charge in [0.2, 0.25) is 0 Å². The van der Waals surface area contributed by atoms with Gasteiger partial charge in [0.15, 0.2) is 0 Å². The van der Waals surface area contributed by atoms with Gasteiger partial charge >= 0.3 is 12.0 Å². The Morgan fingerprint density at radius 2 is 1.81 bits per heavy atom. The highest BCUT2D eigenvalue weighted by atomic mass is 16.4. The third kappa shape index (κ3) is 5.43. The van der Waals surface area contributed by atoms with Gasteiger partial charge in [-0.2, -0.15) is 0 Å². The number of anilines is 1. The Kier molecular flexibility index (Phi) is 6.68. The van der Waals surface area contributed by atoms with Crippen molar-refractivity contribution in [2.24, 2.45) is 0 Å². The molecule has 0 aliphatic rings. The average Bonchev–Trinajstić information content (AvgIpc) is 2.46. The molecule has 0 unspecified atom stereocenters. The second-order valence-electron chi connectivity index (χ2n) is 4.94. The van der Waals surface area contributed by atoms with Crippen molar-refractivity contribution >= 4 is 17.7 Å². The fourth-order valence-electron chi connectivity index (χ4n) is 1.85. The number of carbonyl (C=O) groups is 2. The van der Waals surface area contributed by atoms with E-state index in [0.29, 0.717) is 18.8 Å². The topological polar surface area (TPSA) is 72.9 Å². The SMILES string of the molecule is CNCCN(C)C(=O)N(CCC(=O)O)c1ccc(C)cc1. The van der Waals surface area contributed by atoms with Gasteiger partial charge in [-0.3, -0.25) is 9.69 Å². The Hall–Kier alpha value is -2.08. The van der Waals surface area contributed by atoms with E-state index in [9.17, 15) is 9.59 Å². The molecule has 1 rings (SSSR count). The monoisotopic (exact) mass is 293 g/mol. The predicted molar refractivity (Wildman–Crippen MR) is 82.7 cm³/mol. The van der Waals surface area contributed by atoms with Crippen molar-refractivity contribution in [1.29, 1.82) is 0 Å². The first-order chi connectivity index (χ1) is 9.95. The van der Waals surface area contributed by atoms with Crippen LogP contribution in [0.15, 0.2) is 24.3 Å². The molecule has 0 aliphatic heterocycles. The van der Waals surface area contributed by atoms with E-state index in [4.69, 9.17) is 5.11 Å². The Balaban J connectivity index is 2.87. The first-order valence-electron chi connectivity index (χ1n) is 6.91. The zero-order chi connectivity index (χ0) is 15.8. The second-order valence-corrected chi connectivity index (χ2v) is 4.94. The zero-order valence-electron chi connectivity index (χ0n) is 12.8. The van der Waals surface area contributed by atoms with E-state index < -0.39 is 5.97 Å². The summed E-state index contributed by atoms with van der Waals surface area (Å²) in [7, 11) is 3.53. The minimum atomic E-state index is -0.919. The molecule has 6 nitrogen and oxygen atoms in total. The van der Waals surface area contributed by atoms with Crippen molar-refractivity contribution in [2.75, 3.05) is 38.6 Å². The lowest BCUT2D eigenvalue weighted by atomic mass is 10.2. The summed E-state index contributed by atoms with van der Waals surface area (Å²) < 4.78 is 0. The Morgan fingerprint density at radius 3 is 2.33 bits per heavy atom. The molecule has 0 fully saturated rings. The summed E-state index contributed by atoms with van der Waals surface area (Å²) in [5, 5.41) is 11.8. The maximum Gasteiger partial charge on any atom is 0.324 e. The zero-order valence-corrected chi connectivity index (χ0v) is 12.8. The molecule has 6 heteroatoms. The number of aryl methyl sites for hydroxylation is 1. The summed E-state index contributed by atoms with van der Waals surface area (Å²) in [6.07, 6.45) is -0.0838. The number of carbonyl (C=O) groups excluding carboxylic acids is 1. The smallest absolute Gasteiger partial charge is 0.324 e. The molecule has 0 saturated heterocycles. The van der Waals surface area contributed by atoms with E-state index >= 15 is 0 Å². The quantitative estimate of drug-likeness (QED) is 0.800. The van der Waals surface area contributed by atoms with Crippen LogP contribution in [0.4, 0.5) is 10.5 Å². The third-order valence-electron chi connectivity index (χ3n) is 3.15. The molecule has 21 heavy (non-hydrogen) atoms. The van der Waals surface area contributed by atoms with E-state index in [2.05, 4.69) is 5.32 Å². The van der Waals surface area contributed by atoms with Gasteiger partial charge in [0.1, 0.15) is 0 Å². The minimum absolute atomic E-state index is 0.0838. The largest absolute Gasteiger partial charge is 0.481 e. The molecule has 0 aliphatic carbocycles. The minimum Gasteiger partial charge on any atom is -0.481 e. The van der Waals surface area contributed by atoms with E-state index in [0.717, 1.165) is 5.56 Å². The van der Waals surface area contributed by atoms with Crippen LogP contribution in [-0.2, 0) is 4.79 Å². The molecule has 2 amide bonds. The molecule has 116 valence electrons. The highest BCUT2D eigenvalue weighted by Crippen LogP contribution is 2.17. The van der Waals surface area contributed by atoms with E-state index in [1.54, 1.807) is 11.9 Å². The summed E-state index contributed by atoms with van der Waals surface area (Å²) >= 11 is 0. The highest BCUT2D eigenvalue weighted by Gasteiger charge is 2.20. The lowest BCUT2D eigenvalue weighted by molar-refractivity contribution is -0.136. The number of carboxylic acid groups (broad SMARTS) is 1. The predicted octanol–water partition coefficient (Wildman–Crippen LogP) is 1.55. The number of nitrogens with zero attached hydrogens (tertiary/aromatic N) is 2. The number of amides is 2. The van der Waals surface area contributed by atoms with Gasteiger partial charge in [-0.05, 0) is 26.1 Å². The third-order valence-corrected chi connectivity index (χ3v) is 3.15. The molecule has 0 radical (unpaired) electrons. The molecule has 1 aromatic carbocycles. The van der Waals surface area contributed by atoms with Crippen LogP contribution in [0.3, 0.4) is 0 Å². The molecule has 0 aromatic heterocycles. The van der Waals surface area contributed by atoms with E-state index in [1.807, 2.05) is 38.2 Å². The molecule has 0 heterocycles. The lowest BCUT2D eigenvalue weighted by Crippen LogP contribution is -2.44. The number of likely N-dealkylation sites (N-methyl/N-ethyl adjacent to an activating group) is 2. The maximum absolute atomic E-state index is 12.5. The average molecular weight is 293 g/mol. The van der Waals surface area contributed by atoms with Gasteiger partial charge in [0.25, 0.3) is 0 Å². The number of urea groups is 1. The van der Waals surface area contributed by atoms with Crippen LogP contribution >= 0.6 is 0 Å². The van der Waals surface area contributed by atoms with Crippen molar-refractivity contribution in [3.05, 3.63) is 29.8 Å². The van der Waals surface area contributed by atoms with Crippen LogP contribution < -0.4 is 10.2 Å². The van der Waals surface area contributed by atoms with Crippen molar-refractivity contribution in [3.63, 3.8) is 0 Å². The number of hydrogen-bond acceptors (Lipinski definition) is 3. The maximum atomic E-state index is 12.5. The van der Waals surface area contributed by atoms with Gasteiger partial charge < -0.3 is 15.3 Å². The lowest BCUT2D eigenvalue weighted by Gasteiger charge is -2.28. The first-order valence-corrected chi connectivity index (χ1v) is 6.91. The van der Waals surface area contributed by atoms with Crippen LogP contribution in [0.2, 0.25) is 0 Å². The van der Waals surface area contributed by atoms with Crippen molar-refractivity contribution < 1.29 is 14.7 Å². The van der Waals surface area contributed by atoms with Crippen LogP contribution in [-0.4, -0.2) is 55.7 Å². The fraction of sp³-hybridized carbons (Fsp3) is 0.467. The molecule has 1 aromatic rings. The highest BCUT2D eigenvalue weighted by molar-refractivity contribution is 5.92. The Bertz CT molecular complexity index is 474. The number of carboxylic acids is 1. The fourth-order valence-corrected chi connectivity index (χ4v) is 1.85. The summed E-state index contributed by atoms with van der Waals surface area (Å²) in [6, 6.07) is 7.28. The Morgan fingerprint density at radius 1 is 1.19 bits per heavy atom. The molecule has 0 bridgehead atoms. The summed E-state index contributed by atoms with van der Waals surface area (Å²) in [6.45, 7) is 3.36. The first kappa shape index (κ1) is 17.0. The number of benzene rings is 1. The van der Waals surface area contributed by atoms with E-state index in [-0.39, 0.29) is 19.0 Å². The van der Waals surface area contributed by atoms with Crippen molar-refractivity contribution in [3.8, 4) is 0 Å². The molecular weight excluding hydrogens is 270 g/mol.